The average molecular weight is 238 g/mol. The lowest BCUT2D eigenvalue weighted by atomic mass is 10.0. The lowest BCUT2D eigenvalue weighted by Crippen LogP contribution is -2.44. The molecule has 5 heteroatoms. The zero-order valence-electron chi connectivity index (χ0n) is 10.1. The highest BCUT2D eigenvalue weighted by Gasteiger charge is 2.34. The van der Waals surface area contributed by atoms with Gasteiger partial charge in [-0.15, -0.1) is 0 Å². The largest absolute Gasteiger partial charge is 0.466 e. The molecular formula is C12H18N2O3. The summed E-state index contributed by atoms with van der Waals surface area (Å²) in [5, 5.41) is 15.6. The number of nitrogens with one attached hydrogen (secondary N) is 2. The number of carbonyl (C=O) groups excluding carboxylic acids is 1. The van der Waals surface area contributed by atoms with Gasteiger partial charge in [0, 0.05) is 6.04 Å². The van der Waals surface area contributed by atoms with E-state index in [4.69, 9.17) is 4.42 Å². The van der Waals surface area contributed by atoms with Crippen molar-refractivity contribution in [3.8, 4) is 0 Å². The monoisotopic (exact) mass is 238 g/mol. The number of aliphatic hydroxyl groups is 1. The van der Waals surface area contributed by atoms with Gasteiger partial charge in [0.1, 0.15) is 11.4 Å². The van der Waals surface area contributed by atoms with Crippen LogP contribution in [0.5, 0.6) is 0 Å². The van der Waals surface area contributed by atoms with Crippen molar-refractivity contribution in [3.63, 3.8) is 0 Å². The van der Waals surface area contributed by atoms with Crippen molar-refractivity contribution < 1.29 is 14.3 Å². The van der Waals surface area contributed by atoms with Crippen LogP contribution in [0.1, 0.15) is 26.0 Å². The number of amides is 2. The molecule has 3 N–H and O–H groups in total. The molecule has 94 valence electrons. The number of hydrogen-bond acceptors (Lipinski definition) is 3. The molecule has 3 atom stereocenters. The van der Waals surface area contributed by atoms with Gasteiger partial charge in [0.2, 0.25) is 0 Å². The van der Waals surface area contributed by atoms with E-state index >= 15 is 0 Å². The van der Waals surface area contributed by atoms with E-state index in [1.807, 2.05) is 0 Å². The molecule has 1 aliphatic rings. The topological polar surface area (TPSA) is 74.5 Å². The van der Waals surface area contributed by atoms with E-state index < -0.39 is 5.60 Å². The molecule has 1 saturated carbocycles. The van der Waals surface area contributed by atoms with Gasteiger partial charge in [0.05, 0.1) is 12.8 Å². The summed E-state index contributed by atoms with van der Waals surface area (Å²) >= 11 is 0. The zero-order valence-corrected chi connectivity index (χ0v) is 10.1. The second-order valence-corrected chi connectivity index (χ2v) is 4.90. The molecule has 0 bridgehead atoms. The summed E-state index contributed by atoms with van der Waals surface area (Å²) in [6.07, 6.45) is 2.53. The molecule has 1 heterocycles. The Labute approximate surface area is 100 Å². The van der Waals surface area contributed by atoms with Crippen molar-refractivity contribution >= 4 is 6.03 Å². The highest BCUT2D eigenvalue weighted by atomic mass is 16.4. The highest BCUT2D eigenvalue weighted by Crippen LogP contribution is 2.28. The van der Waals surface area contributed by atoms with Crippen LogP contribution in [-0.4, -0.2) is 23.7 Å². The van der Waals surface area contributed by atoms with E-state index in [9.17, 15) is 9.90 Å². The predicted molar refractivity (Wildman–Crippen MR) is 62.4 cm³/mol. The molecule has 1 fully saturated rings. The average Bonchev–Trinajstić information content (AvgIpc) is 2.78. The summed E-state index contributed by atoms with van der Waals surface area (Å²) in [5.74, 6) is 1.00. The summed E-state index contributed by atoms with van der Waals surface area (Å²) in [4.78, 5) is 11.5. The third-order valence-corrected chi connectivity index (χ3v) is 3.07. The molecule has 5 nitrogen and oxygen atoms in total. The summed E-state index contributed by atoms with van der Waals surface area (Å²) in [6.45, 7) is 3.81. The molecule has 0 radical (unpaired) electrons. The van der Waals surface area contributed by atoms with E-state index in [2.05, 4.69) is 17.6 Å². The predicted octanol–water partition coefficient (Wildman–Crippen LogP) is 1.19. The summed E-state index contributed by atoms with van der Waals surface area (Å²) in [5.41, 5.74) is -1.18. The standard InChI is InChI=1S/C12H18N2O3/c1-8-6-9(8)14-11(15)13-7-12(2,16)10-4-3-5-17-10/h3-5,8-9,16H,6-7H2,1-2H3,(H2,13,14,15)/t8-,9+,12-/m1/s1. The molecule has 1 aromatic heterocycles. The molecule has 2 rings (SSSR count). The van der Waals surface area contributed by atoms with Crippen molar-refractivity contribution in [2.45, 2.75) is 31.9 Å². The molecule has 0 spiro atoms. The number of rotatable bonds is 4. The fraction of sp³-hybridized carbons (Fsp3) is 0.583. The SMILES string of the molecule is C[C@@H]1C[C@@H]1NC(=O)NC[C@@](C)(O)c1ccco1. The first-order valence-electron chi connectivity index (χ1n) is 5.80. The highest BCUT2D eigenvalue weighted by molar-refractivity contribution is 5.74. The number of furan rings is 1. The van der Waals surface area contributed by atoms with Gasteiger partial charge in [-0.25, -0.2) is 4.79 Å². The number of hydrogen-bond donors (Lipinski definition) is 3. The smallest absolute Gasteiger partial charge is 0.315 e. The van der Waals surface area contributed by atoms with Gasteiger partial charge in [-0.1, -0.05) is 6.92 Å². The fourth-order valence-corrected chi connectivity index (χ4v) is 1.67. The van der Waals surface area contributed by atoms with Gasteiger partial charge in [-0.05, 0) is 31.4 Å². The third kappa shape index (κ3) is 3.00. The van der Waals surface area contributed by atoms with Crippen LogP contribution in [0, 0.1) is 5.92 Å². The van der Waals surface area contributed by atoms with Crippen molar-refractivity contribution in [3.05, 3.63) is 24.2 Å². The Hall–Kier alpha value is -1.49. The quantitative estimate of drug-likeness (QED) is 0.737. The maximum atomic E-state index is 11.5. The van der Waals surface area contributed by atoms with Crippen LogP contribution in [0.2, 0.25) is 0 Å². The van der Waals surface area contributed by atoms with Gasteiger partial charge in [-0.2, -0.15) is 0 Å². The van der Waals surface area contributed by atoms with Gasteiger partial charge in [0.25, 0.3) is 0 Å². The van der Waals surface area contributed by atoms with Crippen LogP contribution < -0.4 is 10.6 Å². The molecule has 1 aromatic rings. The number of carbonyl (C=O) groups is 1. The molecule has 0 aliphatic heterocycles. The Bertz CT molecular complexity index is 386. The minimum atomic E-state index is -1.18. The Morgan fingerprint density at radius 2 is 2.41 bits per heavy atom. The fourth-order valence-electron chi connectivity index (χ4n) is 1.67. The Morgan fingerprint density at radius 3 is 2.94 bits per heavy atom. The van der Waals surface area contributed by atoms with Crippen LogP contribution in [0.25, 0.3) is 0 Å². The van der Waals surface area contributed by atoms with Crippen molar-refractivity contribution in [2.75, 3.05) is 6.54 Å². The second kappa shape index (κ2) is 4.41. The van der Waals surface area contributed by atoms with Crippen LogP contribution in [0.15, 0.2) is 22.8 Å². The summed E-state index contributed by atoms with van der Waals surface area (Å²) < 4.78 is 5.12. The van der Waals surface area contributed by atoms with E-state index in [-0.39, 0.29) is 18.6 Å². The molecule has 0 saturated heterocycles. The minimum absolute atomic E-state index is 0.118. The van der Waals surface area contributed by atoms with Gasteiger partial charge in [0.15, 0.2) is 0 Å². The van der Waals surface area contributed by atoms with Crippen molar-refractivity contribution in [1.29, 1.82) is 0 Å². The maximum Gasteiger partial charge on any atom is 0.315 e. The van der Waals surface area contributed by atoms with Crippen LogP contribution in [-0.2, 0) is 5.60 Å². The maximum absolute atomic E-state index is 11.5. The van der Waals surface area contributed by atoms with Gasteiger partial charge < -0.3 is 20.2 Å². The summed E-state index contributed by atoms with van der Waals surface area (Å²) in [6, 6.07) is 3.42. The molecule has 2 amide bonds. The third-order valence-electron chi connectivity index (χ3n) is 3.07. The van der Waals surface area contributed by atoms with E-state index in [1.165, 1.54) is 6.26 Å². The normalized spacial score (nSPS) is 26.1. The molecule has 17 heavy (non-hydrogen) atoms. The Balaban J connectivity index is 1.79. The first-order valence-corrected chi connectivity index (χ1v) is 5.80. The van der Waals surface area contributed by atoms with Crippen LogP contribution in [0.3, 0.4) is 0 Å². The Kier molecular flexibility index (Phi) is 3.11. The van der Waals surface area contributed by atoms with E-state index in [0.29, 0.717) is 11.7 Å². The van der Waals surface area contributed by atoms with Crippen molar-refractivity contribution in [1.82, 2.24) is 10.6 Å². The minimum Gasteiger partial charge on any atom is -0.466 e. The first kappa shape index (κ1) is 12.0. The van der Waals surface area contributed by atoms with Crippen LogP contribution >= 0.6 is 0 Å². The van der Waals surface area contributed by atoms with Gasteiger partial charge in [-0.3, -0.25) is 0 Å². The molecular weight excluding hydrogens is 220 g/mol. The van der Waals surface area contributed by atoms with E-state index in [1.54, 1.807) is 19.1 Å². The lowest BCUT2D eigenvalue weighted by molar-refractivity contribution is 0.0367. The lowest BCUT2D eigenvalue weighted by Gasteiger charge is -2.21. The van der Waals surface area contributed by atoms with E-state index in [0.717, 1.165) is 6.42 Å². The number of urea groups is 1. The Morgan fingerprint density at radius 1 is 1.71 bits per heavy atom. The first-order chi connectivity index (χ1) is 7.99. The summed E-state index contributed by atoms with van der Waals surface area (Å²) in [7, 11) is 0. The van der Waals surface area contributed by atoms with Crippen LogP contribution in [0.4, 0.5) is 4.79 Å². The van der Waals surface area contributed by atoms with Crippen molar-refractivity contribution in [2.24, 2.45) is 5.92 Å². The zero-order chi connectivity index (χ0) is 12.5. The molecule has 1 aliphatic carbocycles. The molecule has 0 aromatic carbocycles. The molecule has 0 unspecified atom stereocenters. The second-order valence-electron chi connectivity index (χ2n) is 4.90. The van der Waals surface area contributed by atoms with Gasteiger partial charge >= 0.3 is 6.03 Å².